The summed E-state index contributed by atoms with van der Waals surface area (Å²) in [5.74, 6) is 0.201. The third kappa shape index (κ3) is 3.53. The van der Waals surface area contributed by atoms with Gasteiger partial charge in [0.05, 0.1) is 25.4 Å². The van der Waals surface area contributed by atoms with Crippen LogP contribution < -0.4 is 0 Å². The van der Waals surface area contributed by atoms with Gasteiger partial charge in [-0.25, -0.2) is 0 Å². The molecule has 0 aromatic rings. The quantitative estimate of drug-likeness (QED) is 0.670. The van der Waals surface area contributed by atoms with Gasteiger partial charge >= 0.3 is 0 Å². The molecular formula is C10H20O4. The van der Waals surface area contributed by atoms with Crippen molar-refractivity contribution in [2.75, 3.05) is 26.4 Å². The first-order valence-electron chi connectivity index (χ1n) is 5.26. The molecule has 3 unspecified atom stereocenters. The maximum absolute atomic E-state index is 9.76. The number of ether oxygens (including phenoxy) is 2. The lowest BCUT2D eigenvalue weighted by Gasteiger charge is -2.31. The Hall–Kier alpha value is -0.160. The topological polar surface area (TPSA) is 58.9 Å². The molecule has 0 bridgehead atoms. The molecule has 14 heavy (non-hydrogen) atoms. The summed E-state index contributed by atoms with van der Waals surface area (Å²) in [4.78, 5) is 0. The Morgan fingerprint density at radius 2 is 2.36 bits per heavy atom. The third-order valence-corrected chi connectivity index (χ3v) is 2.65. The lowest BCUT2D eigenvalue weighted by Crippen LogP contribution is -2.36. The summed E-state index contributed by atoms with van der Waals surface area (Å²) >= 11 is 0. The van der Waals surface area contributed by atoms with Gasteiger partial charge < -0.3 is 19.7 Å². The van der Waals surface area contributed by atoms with Crippen molar-refractivity contribution < 1.29 is 19.7 Å². The minimum Gasteiger partial charge on any atom is -0.394 e. The molecule has 1 aliphatic heterocycles. The second-order valence-electron chi connectivity index (χ2n) is 3.69. The molecule has 0 aliphatic carbocycles. The number of hydrogen-bond donors (Lipinski definition) is 2. The highest BCUT2D eigenvalue weighted by atomic mass is 16.5. The zero-order valence-electron chi connectivity index (χ0n) is 8.69. The first-order valence-corrected chi connectivity index (χ1v) is 5.26. The zero-order valence-corrected chi connectivity index (χ0v) is 8.69. The van der Waals surface area contributed by atoms with Crippen LogP contribution in [0.15, 0.2) is 0 Å². The molecule has 2 N–H and O–H groups in total. The summed E-state index contributed by atoms with van der Waals surface area (Å²) in [5, 5.41) is 18.7. The summed E-state index contributed by atoms with van der Waals surface area (Å²) in [6.07, 6.45) is 1.05. The predicted octanol–water partition coefficient (Wildman–Crippen LogP) is 0.171. The molecule has 0 aromatic carbocycles. The molecule has 0 radical (unpaired) electrons. The van der Waals surface area contributed by atoms with E-state index in [0.29, 0.717) is 19.8 Å². The van der Waals surface area contributed by atoms with Crippen LogP contribution in [0, 0.1) is 5.92 Å². The second-order valence-corrected chi connectivity index (χ2v) is 3.69. The average Bonchev–Trinajstić information content (AvgIpc) is 2.26. The van der Waals surface area contributed by atoms with Crippen LogP contribution in [-0.2, 0) is 9.47 Å². The highest BCUT2D eigenvalue weighted by molar-refractivity contribution is 4.76. The van der Waals surface area contributed by atoms with Gasteiger partial charge in [-0.05, 0) is 25.7 Å². The monoisotopic (exact) mass is 204 g/mol. The molecule has 1 saturated heterocycles. The van der Waals surface area contributed by atoms with E-state index in [1.54, 1.807) is 0 Å². The van der Waals surface area contributed by atoms with E-state index in [1.165, 1.54) is 0 Å². The van der Waals surface area contributed by atoms with Crippen LogP contribution in [0.1, 0.15) is 19.8 Å². The van der Waals surface area contributed by atoms with E-state index in [9.17, 15) is 5.11 Å². The molecule has 4 nitrogen and oxygen atoms in total. The smallest absolute Gasteiger partial charge is 0.0809 e. The highest BCUT2D eigenvalue weighted by Crippen LogP contribution is 2.23. The first-order chi connectivity index (χ1) is 6.77. The fraction of sp³-hybridized carbons (Fsp3) is 1.00. The van der Waals surface area contributed by atoms with Crippen molar-refractivity contribution >= 4 is 0 Å². The zero-order chi connectivity index (χ0) is 10.4. The molecule has 1 heterocycles. The van der Waals surface area contributed by atoms with Crippen molar-refractivity contribution in [2.24, 2.45) is 5.92 Å². The molecular weight excluding hydrogens is 184 g/mol. The average molecular weight is 204 g/mol. The van der Waals surface area contributed by atoms with E-state index in [4.69, 9.17) is 14.6 Å². The van der Waals surface area contributed by atoms with Gasteiger partial charge in [0.2, 0.25) is 0 Å². The molecule has 0 saturated carbocycles. The normalized spacial score (nSPS) is 30.2. The Kier molecular flexibility index (Phi) is 5.40. The standard InChI is InChI=1S/C10H20O4/c1-2-13-7-10(12)8-3-4-14-9(5-8)6-11/h8-12H,2-7H2,1H3. The molecule has 0 spiro atoms. The largest absolute Gasteiger partial charge is 0.394 e. The molecule has 1 fully saturated rings. The minimum atomic E-state index is -0.423. The van der Waals surface area contributed by atoms with Crippen LogP contribution in [-0.4, -0.2) is 48.8 Å². The van der Waals surface area contributed by atoms with E-state index in [-0.39, 0.29) is 18.6 Å². The van der Waals surface area contributed by atoms with Gasteiger partial charge in [-0.1, -0.05) is 0 Å². The SMILES string of the molecule is CCOCC(O)C1CCOC(CO)C1. The second kappa shape index (κ2) is 6.35. The Morgan fingerprint density at radius 1 is 1.57 bits per heavy atom. The number of rotatable bonds is 5. The fourth-order valence-electron chi connectivity index (χ4n) is 1.76. The van der Waals surface area contributed by atoms with E-state index in [1.807, 2.05) is 6.92 Å². The number of aliphatic hydroxyl groups is 2. The van der Waals surface area contributed by atoms with E-state index < -0.39 is 6.10 Å². The van der Waals surface area contributed by atoms with Crippen LogP contribution in [0.2, 0.25) is 0 Å². The lowest BCUT2D eigenvalue weighted by molar-refractivity contribution is -0.0787. The van der Waals surface area contributed by atoms with Gasteiger partial charge in [0, 0.05) is 13.2 Å². The van der Waals surface area contributed by atoms with Crippen molar-refractivity contribution in [1.29, 1.82) is 0 Å². The summed E-state index contributed by atoms with van der Waals surface area (Å²) < 4.78 is 10.5. The van der Waals surface area contributed by atoms with E-state index in [2.05, 4.69) is 0 Å². The summed E-state index contributed by atoms with van der Waals surface area (Å²) in [6.45, 7) is 3.59. The van der Waals surface area contributed by atoms with Gasteiger partial charge in [0.1, 0.15) is 0 Å². The molecule has 1 aliphatic rings. The van der Waals surface area contributed by atoms with Crippen molar-refractivity contribution in [3.63, 3.8) is 0 Å². The maximum Gasteiger partial charge on any atom is 0.0809 e. The van der Waals surface area contributed by atoms with Crippen LogP contribution in [0.5, 0.6) is 0 Å². The first kappa shape index (κ1) is 11.9. The highest BCUT2D eigenvalue weighted by Gasteiger charge is 2.27. The van der Waals surface area contributed by atoms with Crippen LogP contribution in [0.3, 0.4) is 0 Å². The van der Waals surface area contributed by atoms with Crippen LogP contribution >= 0.6 is 0 Å². The molecule has 0 aromatic heterocycles. The van der Waals surface area contributed by atoms with E-state index >= 15 is 0 Å². The Morgan fingerprint density at radius 3 is 3.00 bits per heavy atom. The Balaban J connectivity index is 2.27. The predicted molar refractivity (Wildman–Crippen MR) is 52.0 cm³/mol. The van der Waals surface area contributed by atoms with Crippen molar-refractivity contribution in [3.8, 4) is 0 Å². The Bertz CT molecular complexity index is 151. The van der Waals surface area contributed by atoms with Crippen LogP contribution in [0.4, 0.5) is 0 Å². The van der Waals surface area contributed by atoms with Crippen LogP contribution in [0.25, 0.3) is 0 Å². The maximum atomic E-state index is 9.76. The fourth-order valence-corrected chi connectivity index (χ4v) is 1.76. The molecule has 84 valence electrons. The number of aliphatic hydroxyl groups excluding tert-OH is 2. The van der Waals surface area contributed by atoms with Crippen molar-refractivity contribution in [2.45, 2.75) is 32.0 Å². The van der Waals surface area contributed by atoms with E-state index in [0.717, 1.165) is 12.8 Å². The van der Waals surface area contributed by atoms with Gasteiger partial charge in [-0.3, -0.25) is 0 Å². The van der Waals surface area contributed by atoms with Gasteiger partial charge in [0.25, 0.3) is 0 Å². The summed E-state index contributed by atoms with van der Waals surface area (Å²) in [5.41, 5.74) is 0. The van der Waals surface area contributed by atoms with Gasteiger partial charge in [-0.15, -0.1) is 0 Å². The molecule has 1 rings (SSSR count). The summed E-state index contributed by atoms with van der Waals surface area (Å²) in [7, 11) is 0. The summed E-state index contributed by atoms with van der Waals surface area (Å²) in [6, 6.07) is 0. The minimum absolute atomic E-state index is 0.0395. The molecule has 0 amide bonds. The molecule has 4 heteroatoms. The number of hydrogen-bond acceptors (Lipinski definition) is 4. The Labute approximate surface area is 84.8 Å². The van der Waals surface area contributed by atoms with Crippen molar-refractivity contribution in [1.82, 2.24) is 0 Å². The molecule has 3 atom stereocenters. The lowest BCUT2D eigenvalue weighted by atomic mass is 9.91. The van der Waals surface area contributed by atoms with Gasteiger partial charge in [-0.2, -0.15) is 0 Å². The van der Waals surface area contributed by atoms with Gasteiger partial charge in [0.15, 0.2) is 0 Å². The van der Waals surface area contributed by atoms with Crippen molar-refractivity contribution in [3.05, 3.63) is 0 Å². The third-order valence-electron chi connectivity index (χ3n) is 2.65.